The van der Waals surface area contributed by atoms with Crippen LogP contribution in [0.4, 0.5) is 11.8 Å². The monoisotopic (exact) mass is 280 g/mol. The van der Waals surface area contributed by atoms with Gasteiger partial charge in [-0.25, -0.2) is 4.98 Å². The van der Waals surface area contributed by atoms with Crippen LogP contribution in [0, 0.1) is 0 Å². The summed E-state index contributed by atoms with van der Waals surface area (Å²) < 4.78 is 0. The topological polar surface area (TPSA) is 41.1 Å². The summed E-state index contributed by atoms with van der Waals surface area (Å²) in [5.41, 5.74) is 0. The highest BCUT2D eigenvalue weighted by atomic mass is 32.2. The maximum atomic E-state index is 4.64. The van der Waals surface area contributed by atoms with Crippen LogP contribution in [0.25, 0.3) is 10.2 Å². The third-order valence-electron chi connectivity index (χ3n) is 3.32. The van der Waals surface area contributed by atoms with E-state index in [1.54, 1.807) is 11.3 Å². The van der Waals surface area contributed by atoms with Gasteiger partial charge in [-0.3, -0.25) is 0 Å². The molecule has 0 amide bonds. The number of anilines is 2. The Labute approximate surface area is 115 Å². The number of nitrogens with one attached hydrogen (secondary N) is 1. The van der Waals surface area contributed by atoms with Crippen molar-refractivity contribution in [3.63, 3.8) is 0 Å². The molecule has 1 aliphatic rings. The Bertz CT molecular complexity index is 548. The first kappa shape index (κ1) is 12.0. The van der Waals surface area contributed by atoms with Gasteiger partial charge in [-0.1, -0.05) is 0 Å². The minimum atomic E-state index is 0.595. The maximum absolute atomic E-state index is 4.64. The van der Waals surface area contributed by atoms with E-state index < -0.39 is 0 Å². The van der Waals surface area contributed by atoms with Crippen molar-refractivity contribution in [1.29, 1.82) is 0 Å². The third kappa shape index (κ3) is 2.03. The van der Waals surface area contributed by atoms with Gasteiger partial charge < -0.3 is 10.2 Å². The molecule has 0 radical (unpaired) electrons. The first-order chi connectivity index (χ1) is 8.79. The smallest absolute Gasteiger partial charge is 0.225 e. The summed E-state index contributed by atoms with van der Waals surface area (Å²) in [6, 6.07) is 2.71. The lowest BCUT2D eigenvalue weighted by molar-refractivity contribution is 0.694. The van der Waals surface area contributed by atoms with E-state index in [0.717, 1.165) is 10.6 Å². The predicted octanol–water partition coefficient (Wildman–Crippen LogP) is 2.67. The number of hydrogen-bond acceptors (Lipinski definition) is 6. The second-order valence-corrected chi connectivity index (χ2v) is 6.43. The van der Waals surface area contributed by atoms with Gasteiger partial charge in [0.15, 0.2) is 0 Å². The molecule has 1 saturated heterocycles. The average Bonchev–Trinajstić information content (AvgIpc) is 3.07. The maximum Gasteiger partial charge on any atom is 0.225 e. The number of thioether (sulfide) groups is 1. The number of rotatable bonds is 3. The van der Waals surface area contributed by atoms with Gasteiger partial charge in [0.2, 0.25) is 5.95 Å². The molecule has 4 nitrogen and oxygen atoms in total. The van der Waals surface area contributed by atoms with Crippen LogP contribution >= 0.6 is 23.1 Å². The second-order valence-electron chi connectivity index (χ2n) is 4.39. The lowest BCUT2D eigenvalue weighted by Crippen LogP contribution is -2.32. The van der Waals surface area contributed by atoms with Gasteiger partial charge in [0, 0.05) is 25.9 Å². The molecule has 0 aliphatic carbocycles. The third-order valence-corrected chi connectivity index (χ3v) is 5.27. The second kappa shape index (κ2) is 4.93. The van der Waals surface area contributed by atoms with Gasteiger partial charge in [-0.05, 0) is 23.6 Å². The Balaban J connectivity index is 2.05. The van der Waals surface area contributed by atoms with Crippen molar-refractivity contribution in [2.24, 2.45) is 0 Å². The van der Waals surface area contributed by atoms with Crippen LogP contribution in [-0.4, -0.2) is 41.6 Å². The molecule has 18 heavy (non-hydrogen) atoms. The Morgan fingerprint density at radius 3 is 3.06 bits per heavy atom. The zero-order chi connectivity index (χ0) is 12.5. The van der Waals surface area contributed by atoms with Crippen LogP contribution in [0.15, 0.2) is 11.4 Å². The Kier molecular flexibility index (Phi) is 3.30. The fourth-order valence-corrected chi connectivity index (χ4v) is 4.25. The minimum Gasteiger partial charge on any atom is -0.357 e. The van der Waals surface area contributed by atoms with Gasteiger partial charge in [-0.15, -0.1) is 11.3 Å². The molecule has 2 aromatic rings. The largest absolute Gasteiger partial charge is 0.357 e. The summed E-state index contributed by atoms with van der Waals surface area (Å²) >= 11 is 3.69. The molecule has 1 unspecified atom stereocenters. The summed E-state index contributed by atoms with van der Waals surface area (Å²) in [4.78, 5) is 12.5. The van der Waals surface area contributed by atoms with Crippen LogP contribution in [-0.2, 0) is 0 Å². The van der Waals surface area contributed by atoms with Crippen LogP contribution in [0.1, 0.15) is 6.42 Å². The molecule has 1 fully saturated rings. The molecule has 6 heteroatoms. The fraction of sp³-hybridized carbons (Fsp3) is 0.500. The predicted molar refractivity (Wildman–Crippen MR) is 81.1 cm³/mol. The van der Waals surface area contributed by atoms with Crippen molar-refractivity contribution in [3.8, 4) is 0 Å². The highest BCUT2D eigenvalue weighted by Crippen LogP contribution is 2.32. The Morgan fingerprint density at radius 2 is 2.33 bits per heavy atom. The van der Waals surface area contributed by atoms with Gasteiger partial charge in [-0.2, -0.15) is 16.7 Å². The van der Waals surface area contributed by atoms with E-state index >= 15 is 0 Å². The fourth-order valence-electron chi connectivity index (χ4n) is 2.22. The van der Waals surface area contributed by atoms with E-state index in [9.17, 15) is 0 Å². The van der Waals surface area contributed by atoms with Crippen LogP contribution in [0.5, 0.6) is 0 Å². The van der Waals surface area contributed by atoms with E-state index in [1.807, 2.05) is 18.8 Å². The molecule has 2 aromatic heterocycles. The summed E-state index contributed by atoms with van der Waals surface area (Å²) in [5.74, 6) is 4.21. The lowest BCUT2D eigenvalue weighted by atomic mass is 10.2. The van der Waals surface area contributed by atoms with Gasteiger partial charge in [0.25, 0.3) is 0 Å². The van der Waals surface area contributed by atoms with Crippen molar-refractivity contribution in [1.82, 2.24) is 9.97 Å². The van der Waals surface area contributed by atoms with Crippen molar-refractivity contribution in [2.45, 2.75) is 12.5 Å². The zero-order valence-electron chi connectivity index (χ0n) is 10.5. The van der Waals surface area contributed by atoms with Gasteiger partial charge >= 0.3 is 0 Å². The number of nitrogens with zero attached hydrogens (tertiary/aromatic N) is 3. The number of fused-ring (bicyclic) bond motifs is 1. The quantitative estimate of drug-likeness (QED) is 0.936. The van der Waals surface area contributed by atoms with Crippen molar-refractivity contribution < 1.29 is 0 Å². The average molecular weight is 280 g/mol. The van der Waals surface area contributed by atoms with E-state index in [1.165, 1.54) is 23.3 Å². The molecule has 1 aliphatic heterocycles. The summed E-state index contributed by atoms with van der Waals surface area (Å²) in [6.07, 6.45) is 1.24. The van der Waals surface area contributed by atoms with Gasteiger partial charge in [0.1, 0.15) is 10.6 Å². The standard InChI is InChI=1S/C12H16N4S2/c1-13-12-14-10(9-4-6-18-11(9)15-12)16(2)8-3-5-17-7-8/h4,6,8H,3,5,7H2,1-2H3,(H,13,14,15). The first-order valence-electron chi connectivity index (χ1n) is 6.03. The molecule has 0 spiro atoms. The van der Waals surface area contributed by atoms with E-state index in [-0.39, 0.29) is 0 Å². The number of thiophene rings is 1. The molecule has 96 valence electrons. The molecular weight excluding hydrogens is 264 g/mol. The molecule has 0 saturated carbocycles. The minimum absolute atomic E-state index is 0.595. The molecule has 0 aromatic carbocycles. The molecule has 3 heterocycles. The van der Waals surface area contributed by atoms with E-state index in [2.05, 4.69) is 38.7 Å². The zero-order valence-corrected chi connectivity index (χ0v) is 12.1. The number of hydrogen-bond donors (Lipinski definition) is 1. The first-order valence-corrected chi connectivity index (χ1v) is 8.06. The van der Waals surface area contributed by atoms with Crippen molar-refractivity contribution in [3.05, 3.63) is 11.4 Å². The van der Waals surface area contributed by atoms with E-state index in [4.69, 9.17) is 0 Å². The summed E-state index contributed by atoms with van der Waals surface area (Å²) in [5, 5.41) is 6.30. The highest BCUT2D eigenvalue weighted by Gasteiger charge is 2.23. The normalized spacial score (nSPS) is 19.3. The molecule has 1 N–H and O–H groups in total. The molecular formula is C12H16N4S2. The van der Waals surface area contributed by atoms with Crippen molar-refractivity contribution >= 4 is 45.1 Å². The van der Waals surface area contributed by atoms with Crippen molar-refractivity contribution in [2.75, 3.05) is 35.8 Å². The van der Waals surface area contributed by atoms with E-state index in [0.29, 0.717) is 12.0 Å². The van der Waals surface area contributed by atoms with Crippen LogP contribution < -0.4 is 10.2 Å². The van der Waals surface area contributed by atoms with Crippen LogP contribution in [0.2, 0.25) is 0 Å². The number of aromatic nitrogens is 2. The summed E-state index contributed by atoms with van der Waals surface area (Å²) in [6.45, 7) is 0. The SMILES string of the molecule is CNc1nc(N(C)C2CCSC2)c2ccsc2n1. The molecule has 1 atom stereocenters. The molecule has 0 bridgehead atoms. The molecule has 3 rings (SSSR count). The van der Waals surface area contributed by atoms with Crippen LogP contribution in [0.3, 0.4) is 0 Å². The Hall–Kier alpha value is -1.01. The Morgan fingerprint density at radius 1 is 1.44 bits per heavy atom. The highest BCUT2D eigenvalue weighted by molar-refractivity contribution is 7.99. The lowest BCUT2D eigenvalue weighted by Gasteiger charge is -2.25. The summed E-state index contributed by atoms with van der Waals surface area (Å²) in [7, 11) is 4.01. The van der Waals surface area contributed by atoms with Gasteiger partial charge in [0.05, 0.1) is 5.39 Å².